The van der Waals surface area contributed by atoms with Crippen LogP contribution in [0.4, 0.5) is 10.5 Å². The smallest absolute Gasteiger partial charge is 0.319 e. The van der Waals surface area contributed by atoms with Crippen LogP contribution >= 0.6 is 0 Å². The number of benzene rings is 1. The van der Waals surface area contributed by atoms with Crippen molar-refractivity contribution in [2.45, 2.75) is 43.6 Å². The van der Waals surface area contributed by atoms with Crippen molar-refractivity contribution in [1.29, 1.82) is 0 Å². The Kier molecular flexibility index (Phi) is 3.10. The van der Waals surface area contributed by atoms with Crippen LogP contribution in [0, 0.1) is 5.92 Å². The van der Waals surface area contributed by atoms with Crippen LogP contribution in [0.15, 0.2) is 22.6 Å². The molecule has 3 aliphatic rings. The van der Waals surface area contributed by atoms with Gasteiger partial charge in [0, 0.05) is 30.8 Å². The molecule has 2 saturated carbocycles. The number of aromatic nitrogens is 1. The van der Waals surface area contributed by atoms with Crippen molar-refractivity contribution in [2.75, 3.05) is 18.4 Å². The van der Waals surface area contributed by atoms with Crippen LogP contribution in [0.3, 0.4) is 0 Å². The average molecular weight is 326 g/mol. The fourth-order valence-electron chi connectivity index (χ4n) is 4.27. The van der Waals surface area contributed by atoms with Gasteiger partial charge in [0.25, 0.3) is 0 Å². The number of anilines is 1. The van der Waals surface area contributed by atoms with Gasteiger partial charge in [-0.15, -0.1) is 0 Å². The number of amides is 2. The van der Waals surface area contributed by atoms with Gasteiger partial charge in [0.05, 0.1) is 5.54 Å². The minimum atomic E-state index is -0.133. The number of hydrogen-bond acceptors (Lipinski definition) is 4. The molecule has 2 aromatic rings. The van der Waals surface area contributed by atoms with Gasteiger partial charge in [-0.25, -0.2) is 9.78 Å². The number of carbonyl (C=O) groups excluding carboxylic acids is 1. The van der Waals surface area contributed by atoms with E-state index in [1.54, 1.807) is 0 Å². The van der Waals surface area contributed by atoms with E-state index in [4.69, 9.17) is 4.42 Å². The van der Waals surface area contributed by atoms with E-state index in [1.807, 2.05) is 18.2 Å². The first-order valence-corrected chi connectivity index (χ1v) is 8.92. The van der Waals surface area contributed by atoms with Crippen molar-refractivity contribution >= 4 is 22.8 Å². The van der Waals surface area contributed by atoms with Gasteiger partial charge in [-0.2, -0.15) is 0 Å². The topological polar surface area (TPSA) is 79.2 Å². The van der Waals surface area contributed by atoms with Gasteiger partial charge < -0.3 is 20.4 Å². The Bertz CT molecular complexity index is 785. The molecule has 2 heterocycles. The first-order chi connectivity index (χ1) is 11.7. The lowest BCUT2D eigenvalue weighted by molar-refractivity contribution is 0.232. The molecule has 6 nitrogen and oxygen atoms in total. The summed E-state index contributed by atoms with van der Waals surface area (Å²) >= 11 is 0. The van der Waals surface area contributed by atoms with Gasteiger partial charge in [0.2, 0.25) is 0 Å². The second kappa shape index (κ2) is 5.21. The molecule has 1 aromatic carbocycles. The normalized spacial score (nSPS) is 28.9. The molecule has 2 atom stereocenters. The fraction of sp³-hybridized carbons (Fsp3) is 0.556. The minimum absolute atomic E-state index is 0.0699. The molecule has 2 aliphatic carbocycles. The van der Waals surface area contributed by atoms with E-state index in [-0.39, 0.29) is 11.6 Å². The average Bonchev–Trinajstić information content (AvgIpc) is 3.02. The van der Waals surface area contributed by atoms with E-state index in [0.29, 0.717) is 11.8 Å². The van der Waals surface area contributed by atoms with Gasteiger partial charge in [-0.1, -0.05) is 6.42 Å². The largest absolute Gasteiger partial charge is 0.440 e. The Morgan fingerprint density at radius 2 is 2.25 bits per heavy atom. The van der Waals surface area contributed by atoms with Crippen LogP contribution in [0.25, 0.3) is 11.1 Å². The number of hydrogen-bond donors (Lipinski definition) is 3. The molecule has 1 aliphatic heterocycles. The van der Waals surface area contributed by atoms with E-state index >= 15 is 0 Å². The summed E-state index contributed by atoms with van der Waals surface area (Å²) in [4.78, 5) is 17.0. The number of fused-ring (bicyclic) bond motifs is 2. The SMILES string of the molecule is O=C(Nc1ccc2nc(C3CC3)oc2c1)N[C@]12CCC[C@H]1CNC2. The van der Waals surface area contributed by atoms with Crippen molar-refractivity contribution < 1.29 is 9.21 Å². The highest BCUT2D eigenvalue weighted by atomic mass is 16.3. The third-order valence-electron chi connectivity index (χ3n) is 5.74. The molecule has 0 spiro atoms. The predicted molar refractivity (Wildman–Crippen MR) is 91.1 cm³/mol. The maximum Gasteiger partial charge on any atom is 0.319 e. The van der Waals surface area contributed by atoms with Crippen molar-refractivity contribution in [3.8, 4) is 0 Å². The van der Waals surface area contributed by atoms with E-state index in [0.717, 1.165) is 55.0 Å². The molecule has 0 unspecified atom stereocenters. The maximum atomic E-state index is 12.5. The summed E-state index contributed by atoms with van der Waals surface area (Å²) in [7, 11) is 0. The monoisotopic (exact) mass is 326 g/mol. The van der Waals surface area contributed by atoms with Crippen LogP contribution in [-0.2, 0) is 0 Å². The third kappa shape index (κ3) is 2.36. The fourth-order valence-corrected chi connectivity index (χ4v) is 4.27. The zero-order valence-corrected chi connectivity index (χ0v) is 13.6. The molecule has 24 heavy (non-hydrogen) atoms. The molecule has 2 amide bonds. The van der Waals surface area contributed by atoms with Gasteiger partial charge in [0.15, 0.2) is 11.5 Å². The first kappa shape index (κ1) is 14.3. The lowest BCUT2D eigenvalue weighted by atomic mass is 9.91. The summed E-state index contributed by atoms with van der Waals surface area (Å²) in [6.45, 7) is 1.88. The Labute approximate surface area is 140 Å². The Balaban J connectivity index is 1.31. The second-order valence-corrected chi connectivity index (χ2v) is 7.46. The number of nitrogens with one attached hydrogen (secondary N) is 3. The van der Waals surface area contributed by atoms with Gasteiger partial charge in [-0.3, -0.25) is 0 Å². The molecule has 1 aromatic heterocycles. The van der Waals surface area contributed by atoms with Gasteiger partial charge in [0.1, 0.15) is 5.52 Å². The number of urea groups is 1. The summed E-state index contributed by atoms with van der Waals surface area (Å²) in [5.41, 5.74) is 2.28. The molecule has 126 valence electrons. The standard InChI is InChI=1S/C18H22N4O2/c23-17(22-18-7-1-2-12(18)9-19-10-18)20-13-5-6-14-15(8-13)24-16(21-14)11-3-4-11/h5-6,8,11-12,19H,1-4,7,9-10H2,(H2,20,22,23)/t12-,18-/m0/s1. The number of nitrogens with zero attached hydrogens (tertiary/aromatic N) is 1. The van der Waals surface area contributed by atoms with Crippen molar-refractivity contribution in [2.24, 2.45) is 5.92 Å². The number of carbonyl (C=O) groups is 1. The summed E-state index contributed by atoms with van der Waals surface area (Å²) in [6, 6.07) is 5.53. The quantitative estimate of drug-likeness (QED) is 0.810. The molecule has 0 radical (unpaired) electrons. The van der Waals surface area contributed by atoms with Crippen LogP contribution in [-0.4, -0.2) is 29.6 Å². The van der Waals surface area contributed by atoms with E-state index in [9.17, 15) is 4.79 Å². The van der Waals surface area contributed by atoms with Crippen molar-refractivity contribution in [1.82, 2.24) is 15.6 Å². The highest BCUT2D eigenvalue weighted by molar-refractivity contribution is 5.92. The molecule has 6 heteroatoms. The molecule has 3 fully saturated rings. The summed E-state index contributed by atoms with van der Waals surface area (Å²) in [6.07, 6.45) is 5.78. The second-order valence-electron chi connectivity index (χ2n) is 7.46. The van der Waals surface area contributed by atoms with E-state index in [2.05, 4.69) is 20.9 Å². The van der Waals surface area contributed by atoms with Crippen LogP contribution in [0.2, 0.25) is 0 Å². The van der Waals surface area contributed by atoms with Crippen LogP contribution < -0.4 is 16.0 Å². The van der Waals surface area contributed by atoms with Crippen LogP contribution in [0.1, 0.15) is 43.9 Å². The summed E-state index contributed by atoms with van der Waals surface area (Å²) in [5.74, 6) is 1.88. The molecular formula is C18H22N4O2. The molecular weight excluding hydrogens is 304 g/mol. The van der Waals surface area contributed by atoms with E-state index in [1.165, 1.54) is 12.8 Å². The summed E-state index contributed by atoms with van der Waals surface area (Å²) in [5, 5.41) is 9.59. The zero-order valence-electron chi connectivity index (χ0n) is 13.6. The zero-order chi connectivity index (χ0) is 16.1. The predicted octanol–water partition coefficient (Wildman–Crippen LogP) is 2.97. The Morgan fingerprint density at radius 1 is 1.33 bits per heavy atom. The first-order valence-electron chi connectivity index (χ1n) is 8.92. The molecule has 3 N–H and O–H groups in total. The van der Waals surface area contributed by atoms with Crippen molar-refractivity contribution in [3.05, 3.63) is 24.1 Å². The van der Waals surface area contributed by atoms with E-state index < -0.39 is 0 Å². The maximum absolute atomic E-state index is 12.5. The van der Waals surface area contributed by atoms with Crippen molar-refractivity contribution in [3.63, 3.8) is 0 Å². The number of rotatable bonds is 3. The third-order valence-corrected chi connectivity index (χ3v) is 5.74. The van der Waals surface area contributed by atoms with Gasteiger partial charge in [-0.05, 0) is 43.7 Å². The van der Waals surface area contributed by atoms with Crippen LogP contribution in [0.5, 0.6) is 0 Å². The molecule has 0 bridgehead atoms. The lowest BCUT2D eigenvalue weighted by Crippen LogP contribution is -2.53. The Morgan fingerprint density at radius 3 is 3.12 bits per heavy atom. The highest BCUT2D eigenvalue weighted by Gasteiger charge is 2.47. The molecule has 5 rings (SSSR count). The van der Waals surface area contributed by atoms with Gasteiger partial charge >= 0.3 is 6.03 Å². The minimum Gasteiger partial charge on any atom is -0.440 e. The molecule has 1 saturated heterocycles. The Hall–Kier alpha value is -2.08. The number of oxazole rings is 1. The summed E-state index contributed by atoms with van der Waals surface area (Å²) < 4.78 is 5.82. The lowest BCUT2D eigenvalue weighted by Gasteiger charge is -2.29. The highest BCUT2D eigenvalue weighted by Crippen LogP contribution is 2.41.